The maximum absolute atomic E-state index is 13.5. The first-order chi connectivity index (χ1) is 15.8. The van der Waals surface area contributed by atoms with Crippen LogP contribution in [0.2, 0.25) is 10.0 Å². The first kappa shape index (κ1) is 27.8. The summed E-state index contributed by atoms with van der Waals surface area (Å²) in [6, 6.07) is 10.2. The van der Waals surface area contributed by atoms with Crippen LogP contribution in [-0.2, 0) is 26.2 Å². The minimum atomic E-state index is -3.84. The maximum atomic E-state index is 13.5. The highest BCUT2D eigenvalue weighted by Crippen LogP contribution is 2.25. The molecule has 2 aromatic carbocycles. The van der Waals surface area contributed by atoms with E-state index in [0.29, 0.717) is 21.4 Å². The van der Waals surface area contributed by atoms with Crippen LogP contribution in [0.15, 0.2) is 42.5 Å². The standard InChI is InChI=1S/C23H29Cl2N3O5S/c1-15(2)26-23(30)16(3)27(13-17-9-10-18(24)11-21(17)25)22(29)14-28(34(5,31)32)19-7-6-8-20(12-19)33-4/h6-12,15-16H,13-14H2,1-5H3,(H,26,30)/t16-/m1/s1. The third-order valence-corrected chi connectivity index (χ3v) is 6.70. The van der Waals surface area contributed by atoms with Crippen LogP contribution in [0.5, 0.6) is 5.75 Å². The number of nitrogens with one attached hydrogen (secondary N) is 1. The molecule has 2 amide bonds. The highest BCUT2D eigenvalue weighted by Gasteiger charge is 2.30. The first-order valence-electron chi connectivity index (χ1n) is 10.5. The fourth-order valence-corrected chi connectivity index (χ4v) is 4.51. The number of halogens is 2. The molecule has 0 aliphatic heterocycles. The second-order valence-electron chi connectivity index (χ2n) is 8.07. The van der Waals surface area contributed by atoms with Gasteiger partial charge in [-0.1, -0.05) is 35.3 Å². The minimum absolute atomic E-state index is 0.0166. The molecular weight excluding hydrogens is 501 g/mol. The van der Waals surface area contributed by atoms with Gasteiger partial charge in [0.1, 0.15) is 18.3 Å². The molecular formula is C23H29Cl2N3O5S. The number of ether oxygens (including phenoxy) is 1. The molecule has 1 atom stereocenters. The van der Waals surface area contributed by atoms with Gasteiger partial charge in [-0.2, -0.15) is 0 Å². The van der Waals surface area contributed by atoms with Gasteiger partial charge in [0.05, 0.1) is 19.1 Å². The van der Waals surface area contributed by atoms with Crippen molar-refractivity contribution in [2.75, 3.05) is 24.2 Å². The van der Waals surface area contributed by atoms with E-state index in [0.717, 1.165) is 10.6 Å². The van der Waals surface area contributed by atoms with E-state index in [2.05, 4.69) is 5.32 Å². The summed E-state index contributed by atoms with van der Waals surface area (Å²) in [4.78, 5) is 27.5. The monoisotopic (exact) mass is 529 g/mol. The van der Waals surface area contributed by atoms with Crippen molar-refractivity contribution < 1.29 is 22.7 Å². The lowest BCUT2D eigenvalue weighted by Crippen LogP contribution is -2.52. The van der Waals surface area contributed by atoms with E-state index in [1.165, 1.54) is 18.1 Å². The number of hydrogen-bond acceptors (Lipinski definition) is 5. The number of nitrogens with zero attached hydrogens (tertiary/aromatic N) is 2. The average molecular weight is 530 g/mol. The lowest BCUT2D eigenvalue weighted by atomic mass is 10.1. The van der Waals surface area contributed by atoms with Gasteiger partial charge in [-0.05, 0) is 50.6 Å². The number of methoxy groups -OCH3 is 1. The third-order valence-electron chi connectivity index (χ3n) is 4.97. The lowest BCUT2D eigenvalue weighted by Gasteiger charge is -2.32. The third kappa shape index (κ3) is 7.51. The highest BCUT2D eigenvalue weighted by atomic mass is 35.5. The van der Waals surface area contributed by atoms with Gasteiger partial charge in [-0.3, -0.25) is 13.9 Å². The van der Waals surface area contributed by atoms with Gasteiger partial charge in [0.25, 0.3) is 0 Å². The summed E-state index contributed by atoms with van der Waals surface area (Å²) >= 11 is 12.3. The Morgan fingerprint density at radius 2 is 1.76 bits per heavy atom. The molecule has 0 aromatic heterocycles. The topological polar surface area (TPSA) is 96.0 Å². The molecule has 0 aliphatic rings. The van der Waals surface area contributed by atoms with Crippen LogP contribution in [0.4, 0.5) is 5.69 Å². The molecule has 0 fully saturated rings. The molecule has 0 heterocycles. The molecule has 2 rings (SSSR count). The largest absolute Gasteiger partial charge is 0.497 e. The number of anilines is 1. The SMILES string of the molecule is COc1cccc(N(CC(=O)N(Cc2ccc(Cl)cc2Cl)[C@H](C)C(=O)NC(C)C)S(C)(=O)=O)c1. The molecule has 1 N–H and O–H groups in total. The molecule has 186 valence electrons. The molecule has 0 aliphatic carbocycles. The zero-order valence-electron chi connectivity index (χ0n) is 19.7. The van der Waals surface area contributed by atoms with Crippen LogP contribution in [0.25, 0.3) is 0 Å². The summed E-state index contributed by atoms with van der Waals surface area (Å²) < 4.78 is 31.3. The molecule has 34 heavy (non-hydrogen) atoms. The summed E-state index contributed by atoms with van der Waals surface area (Å²) in [6.07, 6.45) is 1.01. The van der Waals surface area contributed by atoms with Gasteiger partial charge in [0.15, 0.2) is 0 Å². The van der Waals surface area contributed by atoms with Crippen LogP contribution in [0.3, 0.4) is 0 Å². The number of rotatable bonds is 10. The van der Waals surface area contributed by atoms with Gasteiger partial charge in [-0.25, -0.2) is 8.42 Å². The molecule has 0 spiro atoms. The molecule has 2 aromatic rings. The summed E-state index contributed by atoms with van der Waals surface area (Å²) in [6.45, 7) is 4.66. The van der Waals surface area contributed by atoms with E-state index in [4.69, 9.17) is 27.9 Å². The van der Waals surface area contributed by atoms with E-state index in [1.54, 1.807) is 57.2 Å². The molecule has 0 saturated heterocycles. The Morgan fingerprint density at radius 1 is 1.09 bits per heavy atom. The zero-order chi connectivity index (χ0) is 25.6. The molecule has 8 nitrogen and oxygen atoms in total. The number of benzene rings is 2. The fraction of sp³-hybridized carbons (Fsp3) is 0.391. The molecule has 11 heteroatoms. The number of carbonyl (C=O) groups excluding carboxylic acids is 2. The second kappa shape index (κ2) is 11.8. The molecule has 0 radical (unpaired) electrons. The number of sulfonamides is 1. The van der Waals surface area contributed by atoms with Crippen molar-refractivity contribution in [3.8, 4) is 5.75 Å². The van der Waals surface area contributed by atoms with E-state index < -0.39 is 28.5 Å². The van der Waals surface area contributed by atoms with E-state index in [-0.39, 0.29) is 24.2 Å². The smallest absolute Gasteiger partial charge is 0.244 e. The van der Waals surface area contributed by atoms with Crippen molar-refractivity contribution in [1.82, 2.24) is 10.2 Å². The Hall–Kier alpha value is -2.49. The molecule has 0 bridgehead atoms. The molecule has 0 saturated carbocycles. The Morgan fingerprint density at radius 3 is 2.32 bits per heavy atom. The summed E-state index contributed by atoms with van der Waals surface area (Å²) in [5, 5.41) is 3.54. The van der Waals surface area contributed by atoms with Crippen molar-refractivity contribution in [1.29, 1.82) is 0 Å². The van der Waals surface area contributed by atoms with Gasteiger partial charge >= 0.3 is 0 Å². The predicted molar refractivity (Wildman–Crippen MR) is 135 cm³/mol. The van der Waals surface area contributed by atoms with E-state index >= 15 is 0 Å². The van der Waals surface area contributed by atoms with Crippen LogP contribution in [-0.4, -0.2) is 57.1 Å². The number of carbonyl (C=O) groups is 2. The van der Waals surface area contributed by atoms with Crippen molar-refractivity contribution in [3.05, 3.63) is 58.1 Å². The summed E-state index contributed by atoms with van der Waals surface area (Å²) in [5.74, 6) is -0.514. The highest BCUT2D eigenvalue weighted by molar-refractivity contribution is 7.92. The Labute approximate surface area is 210 Å². The second-order valence-corrected chi connectivity index (χ2v) is 10.8. The summed E-state index contributed by atoms with van der Waals surface area (Å²) in [7, 11) is -2.38. The fourth-order valence-electron chi connectivity index (χ4n) is 3.20. The van der Waals surface area contributed by atoms with Crippen LogP contribution in [0.1, 0.15) is 26.3 Å². The number of hydrogen-bond donors (Lipinski definition) is 1. The van der Waals surface area contributed by atoms with Gasteiger partial charge in [0.2, 0.25) is 21.8 Å². The minimum Gasteiger partial charge on any atom is -0.497 e. The first-order valence-corrected chi connectivity index (χ1v) is 13.1. The van der Waals surface area contributed by atoms with Crippen molar-refractivity contribution in [2.45, 2.75) is 39.4 Å². The van der Waals surface area contributed by atoms with Crippen LogP contribution in [0, 0.1) is 0 Å². The lowest BCUT2D eigenvalue weighted by molar-refractivity contribution is -0.139. The van der Waals surface area contributed by atoms with Gasteiger partial charge in [0, 0.05) is 28.7 Å². The zero-order valence-corrected chi connectivity index (χ0v) is 22.0. The Balaban J connectivity index is 2.44. The van der Waals surface area contributed by atoms with E-state index in [9.17, 15) is 18.0 Å². The van der Waals surface area contributed by atoms with Crippen molar-refractivity contribution >= 4 is 50.7 Å². The summed E-state index contributed by atoms with van der Waals surface area (Å²) in [5.41, 5.74) is 0.829. The quantitative estimate of drug-likeness (QED) is 0.506. The van der Waals surface area contributed by atoms with Crippen LogP contribution >= 0.6 is 23.2 Å². The maximum Gasteiger partial charge on any atom is 0.244 e. The predicted octanol–water partition coefficient (Wildman–Crippen LogP) is 3.71. The normalized spacial score (nSPS) is 12.2. The Bertz CT molecular complexity index is 1140. The van der Waals surface area contributed by atoms with Gasteiger partial charge < -0.3 is 15.0 Å². The average Bonchev–Trinajstić information content (AvgIpc) is 2.75. The van der Waals surface area contributed by atoms with Gasteiger partial charge in [-0.15, -0.1) is 0 Å². The Kier molecular flexibility index (Phi) is 9.61. The van der Waals surface area contributed by atoms with E-state index in [1.807, 2.05) is 0 Å². The molecule has 0 unspecified atom stereocenters. The van der Waals surface area contributed by atoms with Crippen molar-refractivity contribution in [2.24, 2.45) is 0 Å². The van der Waals surface area contributed by atoms with Crippen molar-refractivity contribution in [3.63, 3.8) is 0 Å². The van der Waals surface area contributed by atoms with Crippen LogP contribution < -0.4 is 14.4 Å². The number of amides is 2.